The lowest BCUT2D eigenvalue weighted by Crippen LogP contribution is -2.40. The molecule has 1 N–H and O–H groups in total. The summed E-state index contributed by atoms with van der Waals surface area (Å²) in [7, 11) is -3.63. The highest BCUT2D eigenvalue weighted by Crippen LogP contribution is 2.33. The predicted octanol–water partition coefficient (Wildman–Crippen LogP) is 2.06. The molecule has 4 rings (SSSR count). The molecule has 1 aliphatic carbocycles. The molecule has 2 saturated heterocycles. The van der Waals surface area contributed by atoms with Gasteiger partial charge in [-0.2, -0.15) is 4.31 Å². The Hall–Kier alpha value is -1.68. The van der Waals surface area contributed by atoms with Crippen LogP contribution in [-0.2, 0) is 24.3 Å². The van der Waals surface area contributed by atoms with Crippen LogP contribution in [0.15, 0.2) is 23.1 Å². The van der Waals surface area contributed by atoms with Gasteiger partial charge in [-0.15, -0.1) is 0 Å². The van der Waals surface area contributed by atoms with E-state index in [9.17, 15) is 13.2 Å². The monoisotopic (exact) mass is 437 g/mol. The van der Waals surface area contributed by atoms with Crippen LogP contribution < -0.4 is 10.2 Å². The SMILES string of the molecule is O=C(Nc1cc(S(=O)(=O)N2CCOCC2)ccc1N1CCOCC1)C1CCCCC1. The Labute approximate surface area is 178 Å². The van der Waals surface area contributed by atoms with Crippen molar-refractivity contribution in [3.63, 3.8) is 0 Å². The number of rotatable bonds is 5. The molecule has 0 unspecified atom stereocenters. The van der Waals surface area contributed by atoms with E-state index in [4.69, 9.17) is 9.47 Å². The van der Waals surface area contributed by atoms with Crippen molar-refractivity contribution in [1.82, 2.24) is 4.31 Å². The quantitative estimate of drug-likeness (QED) is 0.759. The maximum absolute atomic E-state index is 13.1. The summed E-state index contributed by atoms with van der Waals surface area (Å²) in [5, 5.41) is 3.06. The van der Waals surface area contributed by atoms with Crippen LogP contribution in [0.25, 0.3) is 0 Å². The zero-order chi connectivity index (χ0) is 21.0. The Kier molecular flexibility index (Phi) is 6.92. The van der Waals surface area contributed by atoms with E-state index in [-0.39, 0.29) is 16.7 Å². The van der Waals surface area contributed by atoms with Crippen molar-refractivity contribution in [2.24, 2.45) is 5.92 Å². The third kappa shape index (κ3) is 4.80. The summed E-state index contributed by atoms with van der Waals surface area (Å²) in [6, 6.07) is 5.08. The molecular formula is C21H31N3O5S. The molecule has 2 aliphatic heterocycles. The summed E-state index contributed by atoms with van der Waals surface area (Å²) in [5.41, 5.74) is 1.42. The average molecular weight is 438 g/mol. The van der Waals surface area contributed by atoms with Crippen molar-refractivity contribution in [2.45, 2.75) is 37.0 Å². The lowest BCUT2D eigenvalue weighted by atomic mass is 9.88. The molecule has 166 valence electrons. The van der Waals surface area contributed by atoms with Gasteiger partial charge >= 0.3 is 0 Å². The molecule has 3 aliphatic rings. The van der Waals surface area contributed by atoms with Crippen LogP contribution in [0.3, 0.4) is 0 Å². The fourth-order valence-corrected chi connectivity index (χ4v) is 5.83. The molecule has 2 heterocycles. The normalized spacial score (nSPS) is 22.1. The first-order valence-corrected chi connectivity index (χ1v) is 12.4. The summed E-state index contributed by atoms with van der Waals surface area (Å²) in [4.78, 5) is 15.3. The van der Waals surface area contributed by atoms with Crippen LogP contribution in [0.5, 0.6) is 0 Å². The number of benzene rings is 1. The van der Waals surface area contributed by atoms with E-state index in [1.807, 2.05) is 6.07 Å². The highest BCUT2D eigenvalue weighted by Gasteiger charge is 2.29. The van der Waals surface area contributed by atoms with Crippen molar-refractivity contribution >= 4 is 27.3 Å². The maximum atomic E-state index is 13.1. The topological polar surface area (TPSA) is 88.2 Å². The number of anilines is 2. The van der Waals surface area contributed by atoms with E-state index in [0.29, 0.717) is 58.3 Å². The molecule has 1 saturated carbocycles. The number of nitrogens with zero attached hydrogens (tertiary/aromatic N) is 2. The van der Waals surface area contributed by atoms with Crippen molar-refractivity contribution in [3.8, 4) is 0 Å². The van der Waals surface area contributed by atoms with Gasteiger partial charge in [-0.05, 0) is 31.0 Å². The minimum atomic E-state index is -3.63. The molecule has 0 spiro atoms. The average Bonchev–Trinajstić information content (AvgIpc) is 2.81. The van der Waals surface area contributed by atoms with Crippen LogP contribution in [0, 0.1) is 5.92 Å². The second kappa shape index (κ2) is 9.64. The molecule has 9 heteroatoms. The maximum Gasteiger partial charge on any atom is 0.243 e. The molecule has 0 atom stereocenters. The first kappa shape index (κ1) is 21.5. The number of nitrogens with one attached hydrogen (secondary N) is 1. The summed E-state index contributed by atoms with van der Waals surface area (Å²) < 4.78 is 38.5. The fraction of sp³-hybridized carbons (Fsp3) is 0.667. The first-order valence-electron chi connectivity index (χ1n) is 10.9. The van der Waals surface area contributed by atoms with Gasteiger partial charge in [0, 0.05) is 32.1 Å². The van der Waals surface area contributed by atoms with Gasteiger partial charge in [0.05, 0.1) is 42.7 Å². The Morgan fingerprint density at radius 1 is 0.933 bits per heavy atom. The summed E-state index contributed by atoms with van der Waals surface area (Å²) in [6.07, 6.45) is 5.10. The Bertz CT molecular complexity index is 842. The molecule has 3 fully saturated rings. The third-order valence-corrected chi connectivity index (χ3v) is 8.06. The van der Waals surface area contributed by atoms with Crippen molar-refractivity contribution in [1.29, 1.82) is 0 Å². The van der Waals surface area contributed by atoms with Crippen LogP contribution in [0.2, 0.25) is 0 Å². The van der Waals surface area contributed by atoms with Crippen LogP contribution >= 0.6 is 0 Å². The van der Waals surface area contributed by atoms with E-state index in [1.165, 1.54) is 10.7 Å². The number of amides is 1. The van der Waals surface area contributed by atoms with E-state index in [2.05, 4.69) is 10.2 Å². The summed E-state index contributed by atoms with van der Waals surface area (Å²) in [6.45, 7) is 4.14. The second-order valence-electron chi connectivity index (χ2n) is 8.12. The molecule has 1 amide bonds. The van der Waals surface area contributed by atoms with Gasteiger partial charge < -0.3 is 19.7 Å². The molecule has 1 aromatic carbocycles. The smallest absolute Gasteiger partial charge is 0.243 e. The fourth-order valence-electron chi connectivity index (χ4n) is 4.39. The summed E-state index contributed by atoms with van der Waals surface area (Å²) in [5.74, 6) is -0.0130. The molecule has 8 nitrogen and oxygen atoms in total. The Morgan fingerprint density at radius 3 is 2.23 bits per heavy atom. The lowest BCUT2D eigenvalue weighted by molar-refractivity contribution is -0.120. The highest BCUT2D eigenvalue weighted by atomic mass is 32.2. The molecule has 0 radical (unpaired) electrons. The highest BCUT2D eigenvalue weighted by molar-refractivity contribution is 7.89. The number of carbonyl (C=O) groups excluding carboxylic acids is 1. The number of carbonyl (C=O) groups is 1. The van der Waals surface area contributed by atoms with Crippen LogP contribution in [0.1, 0.15) is 32.1 Å². The van der Waals surface area contributed by atoms with E-state index >= 15 is 0 Å². The number of hydrogen-bond donors (Lipinski definition) is 1. The minimum absolute atomic E-state index is 0.00389. The van der Waals surface area contributed by atoms with Gasteiger partial charge in [0.2, 0.25) is 15.9 Å². The molecule has 0 aromatic heterocycles. The van der Waals surface area contributed by atoms with Crippen molar-refractivity contribution in [2.75, 3.05) is 62.8 Å². The largest absolute Gasteiger partial charge is 0.379 e. The molecular weight excluding hydrogens is 406 g/mol. The van der Waals surface area contributed by atoms with E-state index in [1.54, 1.807) is 12.1 Å². The Morgan fingerprint density at radius 2 is 1.57 bits per heavy atom. The van der Waals surface area contributed by atoms with Crippen molar-refractivity contribution in [3.05, 3.63) is 18.2 Å². The lowest BCUT2D eigenvalue weighted by Gasteiger charge is -2.32. The van der Waals surface area contributed by atoms with Gasteiger partial charge in [0.25, 0.3) is 0 Å². The first-order chi connectivity index (χ1) is 14.6. The third-order valence-electron chi connectivity index (χ3n) is 6.16. The number of morpholine rings is 2. The van der Waals surface area contributed by atoms with Crippen molar-refractivity contribution < 1.29 is 22.7 Å². The number of sulfonamides is 1. The molecule has 0 bridgehead atoms. The van der Waals surface area contributed by atoms with Gasteiger partial charge in [-0.1, -0.05) is 19.3 Å². The predicted molar refractivity (Wildman–Crippen MR) is 114 cm³/mol. The summed E-state index contributed by atoms with van der Waals surface area (Å²) >= 11 is 0. The van der Waals surface area contributed by atoms with Crippen LogP contribution in [-0.4, -0.2) is 71.2 Å². The van der Waals surface area contributed by atoms with Gasteiger partial charge in [0.1, 0.15) is 0 Å². The minimum Gasteiger partial charge on any atom is -0.379 e. The van der Waals surface area contributed by atoms with E-state index < -0.39 is 10.0 Å². The molecule has 30 heavy (non-hydrogen) atoms. The zero-order valence-electron chi connectivity index (χ0n) is 17.3. The van der Waals surface area contributed by atoms with Gasteiger partial charge in [0.15, 0.2) is 0 Å². The van der Waals surface area contributed by atoms with Gasteiger partial charge in [-0.25, -0.2) is 8.42 Å². The number of ether oxygens (including phenoxy) is 2. The standard InChI is InChI=1S/C21H31N3O5S/c25-21(17-4-2-1-3-5-17)22-19-16-18(30(26,27)24-10-14-29-15-11-24)6-7-20(19)23-8-12-28-13-9-23/h6-7,16-17H,1-5,8-15H2,(H,22,25). The molecule has 1 aromatic rings. The van der Waals surface area contributed by atoms with Gasteiger partial charge in [-0.3, -0.25) is 4.79 Å². The zero-order valence-corrected chi connectivity index (χ0v) is 18.2. The number of hydrogen-bond acceptors (Lipinski definition) is 6. The Balaban J connectivity index is 1.62. The van der Waals surface area contributed by atoms with Crippen LogP contribution in [0.4, 0.5) is 11.4 Å². The second-order valence-corrected chi connectivity index (χ2v) is 10.1. The van der Waals surface area contributed by atoms with E-state index in [0.717, 1.165) is 31.4 Å².